The highest BCUT2D eigenvalue weighted by Gasteiger charge is 2.39. The number of nitrogens with zero attached hydrogens (tertiary/aromatic N) is 2. The Balaban J connectivity index is 1.53. The van der Waals surface area contributed by atoms with Crippen LogP contribution < -0.4 is 15.5 Å². The van der Waals surface area contributed by atoms with Crippen LogP contribution in [-0.4, -0.2) is 54.8 Å². The maximum absolute atomic E-state index is 12.7. The second-order valence-corrected chi connectivity index (χ2v) is 6.40. The normalized spacial score (nSPS) is 25.6. The van der Waals surface area contributed by atoms with Gasteiger partial charge in [-0.2, -0.15) is 0 Å². The number of fused-ring (bicyclic) bond motifs is 1. The van der Waals surface area contributed by atoms with Crippen molar-refractivity contribution in [3.63, 3.8) is 0 Å². The van der Waals surface area contributed by atoms with Gasteiger partial charge in [0.2, 0.25) is 11.8 Å². The fraction of sp³-hybridized carbons (Fsp3) is 0.471. The summed E-state index contributed by atoms with van der Waals surface area (Å²) in [5.74, 6) is -0.808. The number of nitrogens with one attached hydrogen (secondary N) is 2. The van der Waals surface area contributed by atoms with Crippen molar-refractivity contribution in [2.45, 2.75) is 25.4 Å². The van der Waals surface area contributed by atoms with Gasteiger partial charge < -0.3 is 15.1 Å². The summed E-state index contributed by atoms with van der Waals surface area (Å²) in [6.07, 6.45) is 0.641. The van der Waals surface area contributed by atoms with Gasteiger partial charge in [0.15, 0.2) is 0 Å². The van der Waals surface area contributed by atoms with Gasteiger partial charge >= 0.3 is 0 Å². The SMILES string of the molecule is [2H]N1CCN(c2ccc3c(c2)CN([C@H]2CCC(=O)NC2=O)C3=O)CC1. The maximum atomic E-state index is 12.7. The number of hydrogen-bond donors (Lipinski definition) is 2. The van der Waals surface area contributed by atoms with Crippen molar-refractivity contribution in [1.82, 2.24) is 15.5 Å². The Morgan fingerprint density at radius 1 is 1.17 bits per heavy atom. The molecule has 24 heavy (non-hydrogen) atoms. The summed E-state index contributed by atoms with van der Waals surface area (Å²) in [6.45, 7) is 3.35. The van der Waals surface area contributed by atoms with Crippen molar-refractivity contribution < 1.29 is 15.8 Å². The summed E-state index contributed by atoms with van der Waals surface area (Å²) in [5.41, 5.74) is 2.60. The van der Waals surface area contributed by atoms with E-state index in [0.717, 1.165) is 24.3 Å². The summed E-state index contributed by atoms with van der Waals surface area (Å²) in [7, 11) is 0. The Labute approximate surface area is 141 Å². The smallest absolute Gasteiger partial charge is 0.255 e. The average molecular weight is 329 g/mol. The molecule has 7 nitrogen and oxygen atoms in total. The largest absolute Gasteiger partial charge is 0.369 e. The van der Waals surface area contributed by atoms with Crippen LogP contribution in [-0.2, 0) is 16.1 Å². The first-order valence-electron chi connectivity index (χ1n) is 8.74. The molecule has 3 aliphatic rings. The molecule has 3 amide bonds. The molecule has 0 bridgehead atoms. The molecule has 0 spiro atoms. The number of piperazine rings is 1. The van der Waals surface area contributed by atoms with Crippen molar-refractivity contribution in [3.8, 4) is 0 Å². The van der Waals surface area contributed by atoms with Crippen LogP contribution in [0.3, 0.4) is 0 Å². The first-order valence-corrected chi connectivity index (χ1v) is 8.29. The zero-order valence-electron chi connectivity index (χ0n) is 14.3. The van der Waals surface area contributed by atoms with Crippen LogP contribution in [0.2, 0.25) is 1.41 Å². The molecule has 126 valence electrons. The maximum Gasteiger partial charge on any atom is 0.255 e. The van der Waals surface area contributed by atoms with Gasteiger partial charge in [0, 0.05) is 50.4 Å². The van der Waals surface area contributed by atoms with Crippen LogP contribution in [0.5, 0.6) is 0 Å². The van der Waals surface area contributed by atoms with E-state index in [-0.39, 0.29) is 24.1 Å². The molecular weight excluding hydrogens is 308 g/mol. The Morgan fingerprint density at radius 3 is 2.71 bits per heavy atom. The van der Waals surface area contributed by atoms with Crippen molar-refractivity contribution in [1.29, 1.82) is 0 Å². The Hall–Kier alpha value is -2.41. The molecule has 0 aromatic heterocycles. The zero-order valence-corrected chi connectivity index (χ0v) is 13.3. The lowest BCUT2D eigenvalue weighted by Crippen LogP contribution is -2.52. The molecule has 2 saturated heterocycles. The van der Waals surface area contributed by atoms with Gasteiger partial charge in [-0.25, -0.2) is 0 Å². The summed E-state index contributed by atoms with van der Waals surface area (Å²) < 4.78 is 7.64. The molecule has 0 radical (unpaired) electrons. The number of rotatable bonds is 2. The molecule has 3 aliphatic heterocycles. The summed E-state index contributed by atoms with van der Waals surface area (Å²) in [5, 5.41) is 3.87. The number of anilines is 1. The molecule has 2 fully saturated rings. The highest BCUT2D eigenvalue weighted by molar-refractivity contribution is 6.05. The molecule has 0 aliphatic carbocycles. The predicted molar refractivity (Wildman–Crippen MR) is 87.6 cm³/mol. The van der Waals surface area contributed by atoms with Gasteiger partial charge in [0.25, 0.3) is 5.91 Å². The van der Waals surface area contributed by atoms with Gasteiger partial charge in [-0.05, 0) is 30.2 Å². The van der Waals surface area contributed by atoms with Crippen LogP contribution in [0.15, 0.2) is 18.2 Å². The van der Waals surface area contributed by atoms with E-state index in [9.17, 15) is 14.4 Å². The van der Waals surface area contributed by atoms with Crippen molar-refractivity contribution in [2.75, 3.05) is 31.1 Å². The van der Waals surface area contributed by atoms with Crippen LogP contribution in [0.25, 0.3) is 0 Å². The molecule has 3 heterocycles. The fourth-order valence-electron chi connectivity index (χ4n) is 3.62. The third-order valence-corrected chi connectivity index (χ3v) is 4.93. The number of benzene rings is 1. The number of hydrogen-bond acceptors (Lipinski definition) is 5. The molecular formula is C17H20N4O3. The van der Waals surface area contributed by atoms with E-state index in [2.05, 4.69) is 10.2 Å². The van der Waals surface area contributed by atoms with E-state index in [0.29, 0.717) is 31.6 Å². The Bertz CT molecular complexity index is 745. The Morgan fingerprint density at radius 2 is 1.96 bits per heavy atom. The van der Waals surface area contributed by atoms with Crippen molar-refractivity contribution >= 4 is 23.4 Å². The number of amides is 3. The first-order chi connectivity index (χ1) is 12.0. The number of imide groups is 1. The Kier molecular flexibility index (Phi) is 3.44. The second kappa shape index (κ2) is 5.90. The van der Waals surface area contributed by atoms with E-state index in [1.807, 2.05) is 18.2 Å². The van der Waals surface area contributed by atoms with Gasteiger partial charge in [0.05, 0.1) is 0 Å². The molecule has 0 saturated carbocycles. The fourth-order valence-corrected chi connectivity index (χ4v) is 3.62. The second-order valence-electron chi connectivity index (χ2n) is 6.40. The number of carbonyl (C=O) groups is 3. The van der Waals surface area contributed by atoms with Crippen molar-refractivity contribution in [2.24, 2.45) is 0 Å². The minimum atomic E-state index is -0.576. The third kappa shape index (κ3) is 2.54. The van der Waals surface area contributed by atoms with E-state index in [1.54, 1.807) is 10.2 Å². The molecule has 0 unspecified atom stereocenters. The lowest BCUT2D eigenvalue weighted by atomic mass is 10.0. The quantitative estimate of drug-likeness (QED) is 0.738. The summed E-state index contributed by atoms with van der Waals surface area (Å²) >= 11 is 0. The first kappa shape index (κ1) is 14.0. The zero-order chi connectivity index (χ0) is 17.6. The predicted octanol–water partition coefficient (Wildman–Crippen LogP) is -0.143. The molecule has 4 rings (SSSR count). The minimum Gasteiger partial charge on any atom is -0.369 e. The van der Waals surface area contributed by atoms with E-state index < -0.39 is 6.04 Å². The summed E-state index contributed by atoms with van der Waals surface area (Å²) in [6, 6.07) is 5.20. The highest BCUT2D eigenvalue weighted by Crippen LogP contribution is 2.30. The monoisotopic (exact) mass is 329 g/mol. The lowest BCUT2D eigenvalue weighted by molar-refractivity contribution is -0.136. The molecule has 2 N–H and O–H groups in total. The van der Waals surface area contributed by atoms with Gasteiger partial charge in [0.1, 0.15) is 7.45 Å². The lowest BCUT2D eigenvalue weighted by Gasteiger charge is -2.30. The standard InChI is InChI=1S/C17H20N4O3/c22-15-4-3-14(16(23)19-15)21-10-11-9-12(1-2-13(11)17(21)24)20-7-5-18-6-8-20/h1-2,9,14,18H,3-8,10H2,(H,19,22,23)/t14-/m0/s1/i/hD. The molecule has 7 heteroatoms. The number of carbonyl (C=O) groups excluding carboxylic acids is 3. The van der Waals surface area contributed by atoms with E-state index in [4.69, 9.17) is 1.41 Å². The van der Waals surface area contributed by atoms with Gasteiger partial charge in [-0.1, -0.05) is 0 Å². The van der Waals surface area contributed by atoms with Gasteiger partial charge in [-0.15, -0.1) is 0 Å². The van der Waals surface area contributed by atoms with E-state index >= 15 is 0 Å². The van der Waals surface area contributed by atoms with Crippen LogP contribution in [0.1, 0.15) is 28.8 Å². The minimum absolute atomic E-state index is 0.146. The van der Waals surface area contributed by atoms with Crippen LogP contribution in [0.4, 0.5) is 5.69 Å². The third-order valence-electron chi connectivity index (χ3n) is 4.93. The highest BCUT2D eigenvalue weighted by atomic mass is 16.2. The number of piperidine rings is 1. The van der Waals surface area contributed by atoms with Gasteiger partial charge in [-0.3, -0.25) is 19.7 Å². The molecule has 1 aromatic carbocycles. The average Bonchev–Trinajstić information content (AvgIpc) is 2.92. The topological polar surface area (TPSA) is 81.8 Å². The molecule has 1 atom stereocenters. The summed E-state index contributed by atoms with van der Waals surface area (Å²) in [4.78, 5) is 39.8. The molecule has 1 aromatic rings. The van der Waals surface area contributed by atoms with Crippen molar-refractivity contribution in [3.05, 3.63) is 29.3 Å². The van der Waals surface area contributed by atoms with Crippen LogP contribution >= 0.6 is 0 Å². The van der Waals surface area contributed by atoms with E-state index in [1.165, 1.54) is 0 Å². The van der Waals surface area contributed by atoms with Crippen LogP contribution in [0, 0.1) is 0 Å².